The topological polar surface area (TPSA) is 40.6 Å². The Kier molecular flexibility index (Phi) is 4.62. The van der Waals surface area contributed by atoms with Crippen molar-refractivity contribution in [2.45, 2.75) is 11.8 Å². The van der Waals surface area contributed by atoms with Gasteiger partial charge in [-0.1, -0.05) is 29.8 Å². The summed E-state index contributed by atoms with van der Waals surface area (Å²) < 4.78 is 26.8. The molecule has 1 aliphatic rings. The molecule has 1 saturated heterocycles. The van der Waals surface area contributed by atoms with E-state index in [1.165, 1.54) is 0 Å². The maximum atomic E-state index is 12.6. The van der Waals surface area contributed by atoms with Crippen molar-refractivity contribution in [3.05, 3.63) is 59.1 Å². The van der Waals surface area contributed by atoms with E-state index in [0.29, 0.717) is 31.1 Å². The Morgan fingerprint density at radius 1 is 0.957 bits per heavy atom. The van der Waals surface area contributed by atoms with Crippen LogP contribution in [-0.2, 0) is 10.0 Å². The van der Waals surface area contributed by atoms with Gasteiger partial charge in [-0.05, 0) is 42.8 Å². The molecule has 0 aliphatic carbocycles. The summed E-state index contributed by atoms with van der Waals surface area (Å²) in [6, 6.07) is 14.4. The van der Waals surface area contributed by atoms with Crippen LogP contribution in [0.2, 0.25) is 5.02 Å². The van der Waals surface area contributed by atoms with Crippen molar-refractivity contribution in [2.24, 2.45) is 0 Å². The average Bonchev–Trinajstić information content (AvgIpc) is 2.56. The summed E-state index contributed by atoms with van der Waals surface area (Å²) in [6.45, 7) is 4.34. The fourth-order valence-corrected chi connectivity index (χ4v) is 4.55. The summed E-state index contributed by atoms with van der Waals surface area (Å²) >= 11 is 6.00. The Morgan fingerprint density at radius 2 is 1.61 bits per heavy atom. The van der Waals surface area contributed by atoms with Gasteiger partial charge in [-0.2, -0.15) is 4.31 Å². The molecule has 2 aromatic carbocycles. The molecule has 0 bridgehead atoms. The first-order valence-corrected chi connectivity index (χ1v) is 9.36. The molecule has 2 aromatic rings. The van der Waals surface area contributed by atoms with Crippen LogP contribution in [0.4, 0.5) is 5.69 Å². The highest BCUT2D eigenvalue weighted by molar-refractivity contribution is 7.89. The maximum Gasteiger partial charge on any atom is 0.243 e. The molecule has 0 aromatic heterocycles. The minimum Gasteiger partial charge on any atom is -0.369 e. The molecule has 0 atom stereocenters. The third-order valence-electron chi connectivity index (χ3n) is 4.12. The van der Waals surface area contributed by atoms with Gasteiger partial charge in [-0.25, -0.2) is 8.42 Å². The maximum absolute atomic E-state index is 12.6. The molecule has 6 heteroatoms. The summed E-state index contributed by atoms with van der Waals surface area (Å²) in [6.07, 6.45) is 0. The number of rotatable bonds is 3. The smallest absolute Gasteiger partial charge is 0.243 e. The molecule has 0 unspecified atom stereocenters. The summed E-state index contributed by atoms with van der Waals surface area (Å²) in [5.41, 5.74) is 2.23. The molecule has 1 heterocycles. The van der Waals surface area contributed by atoms with Gasteiger partial charge in [0, 0.05) is 36.9 Å². The number of halogens is 1. The third-order valence-corrected chi connectivity index (χ3v) is 6.27. The van der Waals surface area contributed by atoms with Gasteiger partial charge in [0.05, 0.1) is 4.90 Å². The highest BCUT2D eigenvalue weighted by Crippen LogP contribution is 2.26. The number of nitrogens with zero attached hydrogens (tertiary/aromatic N) is 2. The third kappa shape index (κ3) is 3.37. The van der Waals surface area contributed by atoms with Crippen LogP contribution in [0.5, 0.6) is 0 Å². The molecule has 23 heavy (non-hydrogen) atoms. The van der Waals surface area contributed by atoms with E-state index in [1.807, 2.05) is 31.2 Å². The minimum absolute atomic E-state index is 0.358. The lowest BCUT2D eigenvalue weighted by Gasteiger charge is -2.36. The van der Waals surface area contributed by atoms with E-state index in [1.54, 1.807) is 28.6 Å². The fraction of sp³-hybridized carbons (Fsp3) is 0.294. The molecule has 0 spiro atoms. The predicted molar refractivity (Wildman–Crippen MR) is 93.6 cm³/mol. The largest absolute Gasteiger partial charge is 0.369 e. The van der Waals surface area contributed by atoms with E-state index in [2.05, 4.69) is 4.90 Å². The number of sulfonamides is 1. The molecule has 4 nitrogen and oxygen atoms in total. The van der Waals surface area contributed by atoms with Gasteiger partial charge in [0.15, 0.2) is 0 Å². The molecular weight excluding hydrogens is 332 g/mol. The molecule has 0 N–H and O–H groups in total. The second-order valence-electron chi connectivity index (χ2n) is 5.63. The number of benzene rings is 2. The van der Waals surface area contributed by atoms with E-state index >= 15 is 0 Å². The molecule has 122 valence electrons. The van der Waals surface area contributed by atoms with Gasteiger partial charge in [-0.3, -0.25) is 0 Å². The highest BCUT2D eigenvalue weighted by Gasteiger charge is 2.28. The van der Waals surface area contributed by atoms with Gasteiger partial charge >= 0.3 is 0 Å². The van der Waals surface area contributed by atoms with E-state index in [0.717, 1.165) is 16.3 Å². The minimum atomic E-state index is -3.40. The van der Waals surface area contributed by atoms with Gasteiger partial charge in [0.25, 0.3) is 0 Å². The van der Waals surface area contributed by atoms with Gasteiger partial charge in [0.2, 0.25) is 10.0 Å². The lowest BCUT2D eigenvalue weighted by atomic mass is 10.1. The van der Waals surface area contributed by atoms with Crippen molar-refractivity contribution in [3.63, 3.8) is 0 Å². The van der Waals surface area contributed by atoms with E-state index < -0.39 is 10.0 Å². The lowest BCUT2D eigenvalue weighted by molar-refractivity contribution is 0.385. The Morgan fingerprint density at radius 3 is 2.22 bits per heavy atom. The van der Waals surface area contributed by atoms with E-state index in [9.17, 15) is 8.42 Å². The van der Waals surface area contributed by atoms with Gasteiger partial charge in [-0.15, -0.1) is 0 Å². The molecular formula is C17H19ClN2O2S. The summed E-state index contributed by atoms with van der Waals surface area (Å²) in [4.78, 5) is 2.57. The number of anilines is 1. The number of hydrogen-bond acceptors (Lipinski definition) is 3. The second kappa shape index (κ2) is 6.51. The zero-order valence-electron chi connectivity index (χ0n) is 12.9. The SMILES string of the molecule is Cc1cc(Cl)ccc1N1CCN(S(=O)(=O)c2ccccc2)CC1. The normalized spacial score (nSPS) is 16.5. The molecule has 0 radical (unpaired) electrons. The molecule has 0 amide bonds. The lowest BCUT2D eigenvalue weighted by Crippen LogP contribution is -2.48. The van der Waals surface area contributed by atoms with E-state index in [-0.39, 0.29) is 0 Å². The first-order chi connectivity index (χ1) is 11.0. The first-order valence-electron chi connectivity index (χ1n) is 7.55. The van der Waals surface area contributed by atoms with Crippen molar-refractivity contribution in [3.8, 4) is 0 Å². The average molecular weight is 351 g/mol. The second-order valence-corrected chi connectivity index (χ2v) is 8.01. The van der Waals surface area contributed by atoms with Crippen LogP contribution in [0.25, 0.3) is 0 Å². The number of aryl methyl sites for hydroxylation is 1. The zero-order chi connectivity index (χ0) is 16.4. The van der Waals surface area contributed by atoms with Crippen molar-refractivity contribution in [1.82, 2.24) is 4.31 Å². The molecule has 0 saturated carbocycles. The Bertz CT molecular complexity index is 785. The Balaban J connectivity index is 1.74. The van der Waals surface area contributed by atoms with E-state index in [4.69, 9.17) is 11.6 Å². The van der Waals surface area contributed by atoms with Crippen molar-refractivity contribution in [2.75, 3.05) is 31.1 Å². The van der Waals surface area contributed by atoms with Crippen LogP contribution in [-0.4, -0.2) is 38.9 Å². The van der Waals surface area contributed by atoms with Crippen LogP contribution in [0.1, 0.15) is 5.56 Å². The summed E-state index contributed by atoms with van der Waals surface area (Å²) in [5.74, 6) is 0. The summed E-state index contributed by atoms with van der Waals surface area (Å²) in [7, 11) is -3.40. The fourth-order valence-electron chi connectivity index (χ4n) is 2.88. The first kappa shape index (κ1) is 16.3. The highest BCUT2D eigenvalue weighted by atomic mass is 35.5. The van der Waals surface area contributed by atoms with Crippen molar-refractivity contribution < 1.29 is 8.42 Å². The monoisotopic (exact) mass is 350 g/mol. The van der Waals surface area contributed by atoms with Crippen LogP contribution in [0, 0.1) is 6.92 Å². The van der Waals surface area contributed by atoms with Gasteiger partial charge < -0.3 is 4.90 Å². The Labute approximate surface area is 142 Å². The number of hydrogen-bond donors (Lipinski definition) is 0. The Hall–Kier alpha value is -1.56. The van der Waals surface area contributed by atoms with Crippen LogP contribution in [0.15, 0.2) is 53.4 Å². The number of piperazine rings is 1. The standard InChI is InChI=1S/C17H19ClN2O2S/c1-14-13-15(18)7-8-17(14)19-9-11-20(12-10-19)23(21,22)16-5-3-2-4-6-16/h2-8,13H,9-12H2,1H3. The summed E-state index contributed by atoms with van der Waals surface area (Å²) in [5, 5.41) is 0.719. The van der Waals surface area contributed by atoms with Gasteiger partial charge in [0.1, 0.15) is 0 Å². The predicted octanol–water partition coefficient (Wildman–Crippen LogP) is 3.16. The molecule has 1 aliphatic heterocycles. The van der Waals surface area contributed by atoms with Crippen LogP contribution < -0.4 is 4.90 Å². The van der Waals surface area contributed by atoms with Crippen LogP contribution in [0.3, 0.4) is 0 Å². The molecule has 1 fully saturated rings. The zero-order valence-corrected chi connectivity index (χ0v) is 14.5. The van der Waals surface area contributed by atoms with Crippen molar-refractivity contribution in [1.29, 1.82) is 0 Å². The van der Waals surface area contributed by atoms with Crippen molar-refractivity contribution >= 4 is 27.3 Å². The van der Waals surface area contributed by atoms with Crippen LogP contribution >= 0.6 is 11.6 Å². The molecule has 3 rings (SSSR count). The quantitative estimate of drug-likeness (QED) is 0.853.